The first-order valence-corrected chi connectivity index (χ1v) is 11.1. The summed E-state index contributed by atoms with van der Waals surface area (Å²) in [7, 11) is 0. The van der Waals surface area contributed by atoms with Crippen molar-refractivity contribution in [2.45, 2.75) is 18.6 Å². The number of carbonyl (C=O) groups excluding carboxylic acids is 1. The van der Waals surface area contributed by atoms with Gasteiger partial charge in [-0.15, -0.1) is 16.4 Å². The first-order valence-electron chi connectivity index (χ1n) is 9.19. The van der Waals surface area contributed by atoms with Gasteiger partial charge < -0.3 is 4.90 Å². The number of nitrogens with one attached hydrogen (secondary N) is 1. The molecule has 2 aromatic heterocycles. The van der Waals surface area contributed by atoms with Crippen LogP contribution in [0.2, 0.25) is 0 Å². The summed E-state index contributed by atoms with van der Waals surface area (Å²) in [5.74, 6) is 1.02. The van der Waals surface area contributed by atoms with Gasteiger partial charge in [0.05, 0.1) is 17.2 Å². The van der Waals surface area contributed by atoms with Crippen LogP contribution in [0.1, 0.15) is 11.1 Å². The monoisotopic (exact) mass is 420 g/mol. The fourth-order valence-corrected chi connectivity index (χ4v) is 4.26. The first kappa shape index (κ1) is 19.4. The molecular weight excluding hydrogens is 400 g/mol. The highest BCUT2D eigenvalue weighted by Gasteiger charge is 2.18. The zero-order valence-corrected chi connectivity index (χ0v) is 17.5. The SMILES string of the molecule is Cc1cccc(N(Cc2ccccc2)C(=O)CSc2n[nH]c(-c3cccs3)n2)c1. The third-order valence-corrected chi connectivity index (χ3v) is 6.05. The van der Waals surface area contributed by atoms with Crippen molar-refractivity contribution in [1.82, 2.24) is 15.2 Å². The lowest BCUT2D eigenvalue weighted by atomic mass is 10.1. The normalized spacial score (nSPS) is 10.8. The van der Waals surface area contributed by atoms with E-state index >= 15 is 0 Å². The number of thiophene rings is 1. The maximum absolute atomic E-state index is 13.1. The van der Waals surface area contributed by atoms with Gasteiger partial charge in [-0.1, -0.05) is 60.3 Å². The molecule has 0 saturated carbocycles. The first-order chi connectivity index (χ1) is 14.2. The van der Waals surface area contributed by atoms with Crippen molar-refractivity contribution in [3.05, 3.63) is 83.2 Å². The molecule has 5 nitrogen and oxygen atoms in total. The van der Waals surface area contributed by atoms with Crippen molar-refractivity contribution in [2.75, 3.05) is 10.7 Å². The summed E-state index contributed by atoms with van der Waals surface area (Å²) < 4.78 is 0. The molecular formula is C22H20N4OS2. The minimum Gasteiger partial charge on any atom is -0.307 e. The van der Waals surface area contributed by atoms with Crippen molar-refractivity contribution in [1.29, 1.82) is 0 Å². The molecule has 7 heteroatoms. The smallest absolute Gasteiger partial charge is 0.237 e. The number of amides is 1. The number of aromatic nitrogens is 3. The summed E-state index contributed by atoms with van der Waals surface area (Å²) in [5, 5.41) is 9.75. The van der Waals surface area contributed by atoms with E-state index in [2.05, 4.69) is 15.2 Å². The van der Waals surface area contributed by atoms with Gasteiger partial charge in [-0.3, -0.25) is 9.89 Å². The van der Waals surface area contributed by atoms with Crippen molar-refractivity contribution < 1.29 is 4.79 Å². The van der Waals surface area contributed by atoms with Gasteiger partial charge in [-0.2, -0.15) is 0 Å². The molecule has 2 heterocycles. The molecule has 4 aromatic rings. The van der Waals surface area contributed by atoms with Crippen molar-refractivity contribution in [2.24, 2.45) is 0 Å². The summed E-state index contributed by atoms with van der Waals surface area (Å²) in [4.78, 5) is 20.5. The zero-order chi connectivity index (χ0) is 20.1. The Labute approximate surface area is 177 Å². The Morgan fingerprint density at radius 2 is 1.97 bits per heavy atom. The van der Waals surface area contributed by atoms with Crippen LogP contribution in [-0.4, -0.2) is 26.8 Å². The van der Waals surface area contributed by atoms with Crippen LogP contribution >= 0.6 is 23.1 Å². The Balaban J connectivity index is 1.49. The Morgan fingerprint density at radius 1 is 1.10 bits per heavy atom. The zero-order valence-electron chi connectivity index (χ0n) is 15.9. The minimum atomic E-state index is 0.0203. The average Bonchev–Trinajstić information content (AvgIpc) is 3.43. The Hall–Kier alpha value is -2.90. The van der Waals surface area contributed by atoms with E-state index in [1.54, 1.807) is 11.3 Å². The molecule has 0 aliphatic heterocycles. The molecule has 0 bridgehead atoms. The van der Waals surface area contributed by atoms with Gasteiger partial charge >= 0.3 is 0 Å². The molecule has 4 rings (SSSR count). The standard InChI is InChI=1S/C22H20N4OS2/c1-16-7-5-10-18(13-16)26(14-17-8-3-2-4-9-17)20(27)15-29-22-23-21(24-25-22)19-11-6-12-28-19/h2-13H,14-15H2,1H3,(H,23,24,25). The fourth-order valence-electron chi connectivity index (χ4n) is 2.92. The topological polar surface area (TPSA) is 61.9 Å². The number of H-pyrrole nitrogens is 1. The number of hydrogen-bond donors (Lipinski definition) is 1. The van der Waals surface area contributed by atoms with Crippen molar-refractivity contribution in [3.8, 4) is 10.7 Å². The number of anilines is 1. The predicted octanol–water partition coefficient (Wildman–Crippen LogP) is 5.17. The number of carbonyl (C=O) groups is 1. The maximum atomic E-state index is 13.1. The number of hydrogen-bond acceptors (Lipinski definition) is 5. The molecule has 0 spiro atoms. The average molecular weight is 421 g/mol. The van der Waals surface area contributed by atoms with Crippen LogP contribution in [0, 0.1) is 6.92 Å². The number of rotatable bonds is 7. The molecule has 0 saturated heterocycles. The Kier molecular flexibility index (Phi) is 6.07. The van der Waals surface area contributed by atoms with Gasteiger partial charge in [-0.25, -0.2) is 4.98 Å². The van der Waals surface area contributed by atoms with Gasteiger partial charge in [0.15, 0.2) is 5.82 Å². The number of nitrogens with zero attached hydrogens (tertiary/aromatic N) is 3. The van der Waals surface area contributed by atoms with Gasteiger partial charge in [0, 0.05) is 5.69 Å². The fraction of sp³-hybridized carbons (Fsp3) is 0.136. The molecule has 146 valence electrons. The predicted molar refractivity (Wildman–Crippen MR) is 119 cm³/mol. The lowest BCUT2D eigenvalue weighted by molar-refractivity contribution is -0.116. The summed E-state index contributed by atoms with van der Waals surface area (Å²) in [5.41, 5.74) is 3.11. The second-order valence-electron chi connectivity index (χ2n) is 6.54. The molecule has 1 N–H and O–H groups in total. The molecule has 0 atom stereocenters. The van der Waals surface area contributed by atoms with Gasteiger partial charge in [0.25, 0.3) is 0 Å². The van der Waals surface area contributed by atoms with Crippen LogP contribution < -0.4 is 4.90 Å². The summed E-state index contributed by atoms with van der Waals surface area (Å²) >= 11 is 2.94. The molecule has 0 fully saturated rings. The Morgan fingerprint density at radius 3 is 2.72 bits per heavy atom. The number of aryl methyl sites for hydroxylation is 1. The van der Waals surface area contributed by atoms with Crippen LogP contribution in [-0.2, 0) is 11.3 Å². The van der Waals surface area contributed by atoms with E-state index in [9.17, 15) is 4.79 Å². The minimum absolute atomic E-state index is 0.0203. The van der Waals surface area contributed by atoms with Crippen molar-refractivity contribution in [3.63, 3.8) is 0 Å². The van der Waals surface area contributed by atoms with E-state index < -0.39 is 0 Å². The van der Waals surface area contributed by atoms with E-state index in [0.29, 0.717) is 11.7 Å². The molecule has 29 heavy (non-hydrogen) atoms. The van der Waals surface area contributed by atoms with Gasteiger partial charge in [-0.05, 0) is 41.6 Å². The lowest BCUT2D eigenvalue weighted by Crippen LogP contribution is -2.32. The lowest BCUT2D eigenvalue weighted by Gasteiger charge is -2.23. The highest BCUT2D eigenvalue weighted by Crippen LogP contribution is 2.25. The number of benzene rings is 2. The molecule has 0 unspecified atom stereocenters. The van der Waals surface area contributed by atoms with Crippen molar-refractivity contribution >= 4 is 34.7 Å². The second kappa shape index (κ2) is 9.07. The van der Waals surface area contributed by atoms with Gasteiger partial charge in [0.2, 0.25) is 11.1 Å². The summed E-state index contributed by atoms with van der Waals surface area (Å²) in [6.07, 6.45) is 0. The molecule has 1 amide bonds. The molecule has 0 radical (unpaired) electrons. The summed E-state index contributed by atoms with van der Waals surface area (Å²) in [6, 6.07) is 22.0. The largest absolute Gasteiger partial charge is 0.307 e. The maximum Gasteiger partial charge on any atom is 0.237 e. The quantitative estimate of drug-likeness (QED) is 0.419. The van der Waals surface area contributed by atoms with Crippen LogP contribution in [0.5, 0.6) is 0 Å². The van der Waals surface area contributed by atoms with E-state index in [0.717, 1.165) is 27.5 Å². The van der Waals surface area contributed by atoms with E-state index in [-0.39, 0.29) is 11.7 Å². The molecule has 2 aromatic carbocycles. The third-order valence-electron chi connectivity index (χ3n) is 4.34. The third kappa shape index (κ3) is 4.93. The highest BCUT2D eigenvalue weighted by molar-refractivity contribution is 7.99. The number of thioether (sulfide) groups is 1. The van der Waals surface area contributed by atoms with Crippen LogP contribution in [0.25, 0.3) is 10.7 Å². The van der Waals surface area contributed by atoms with Crippen LogP contribution in [0.3, 0.4) is 0 Å². The molecule has 0 aliphatic rings. The summed E-state index contributed by atoms with van der Waals surface area (Å²) in [6.45, 7) is 2.56. The number of aromatic amines is 1. The van der Waals surface area contributed by atoms with Gasteiger partial charge in [0.1, 0.15) is 0 Å². The molecule has 0 aliphatic carbocycles. The highest BCUT2D eigenvalue weighted by atomic mass is 32.2. The van der Waals surface area contributed by atoms with E-state index in [1.165, 1.54) is 11.8 Å². The second-order valence-corrected chi connectivity index (χ2v) is 8.43. The van der Waals surface area contributed by atoms with Crippen LogP contribution in [0.4, 0.5) is 5.69 Å². The Bertz CT molecular complexity index is 1080. The van der Waals surface area contributed by atoms with E-state index in [1.807, 2.05) is 83.9 Å². The van der Waals surface area contributed by atoms with Crippen LogP contribution in [0.15, 0.2) is 77.3 Å². The van der Waals surface area contributed by atoms with E-state index in [4.69, 9.17) is 0 Å².